The molecule has 1 fully saturated rings. The van der Waals surface area contributed by atoms with Crippen LogP contribution in [0.3, 0.4) is 0 Å². The van der Waals surface area contributed by atoms with Gasteiger partial charge in [-0.1, -0.05) is 20.3 Å². The monoisotopic (exact) mass is 187 g/mol. The van der Waals surface area contributed by atoms with E-state index in [-0.39, 0.29) is 12.1 Å². The van der Waals surface area contributed by atoms with Crippen molar-refractivity contribution >= 4 is 0 Å². The fourth-order valence-electron chi connectivity index (χ4n) is 1.82. The van der Waals surface area contributed by atoms with Crippen LogP contribution in [-0.2, 0) is 4.74 Å². The highest BCUT2D eigenvalue weighted by Gasteiger charge is 2.38. The summed E-state index contributed by atoms with van der Waals surface area (Å²) in [5.41, 5.74) is 5.83. The Bertz CT molecular complexity index is 150. The van der Waals surface area contributed by atoms with Gasteiger partial charge in [-0.05, 0) is 12.8 Å². The van der Waals surface area contributed by atoms with Crippen LogP contribution in [0.25, 0.3) is 0 Å². The molecule has 4 atom stereocenters. The summed E-state index contributed by atoms with van der Waals surface area (Å²) in [6.07, 6.45) is 2.48. The van der Waals surface area contributed by atoms with Crippen molar-refractivity contribution < 1.29 is 9.84 Å². The molecule has 1 saturated heterocycles. The highest BCUT2D eigenvalue weighted by molar-refractivity contribution is 4.89. The molecule has 0 aliphatic carbocycles. The third-order valence-corrected chi connectivity index (χ3v) is 2.89. The largest absolute Gasteiger partial charge is 0.389 e. The van der Waals surface area contributed by atoms with Crippen LogP contribution in [0, 0.1) is 5.92 Å². The van der Waals surface area contributed by atoms with Gasteiger partial charge in [0.25, 0.3) is 0 Å². The Morgan fingerprint density at radius 2 is 2.23 bits per heavy atom. The Hall–Kier alpha value is -0.120. The fraction of sp³-hybridized carbons (Fsp3) is 1.00. The van der Waals surface area contributed by atoms with Gasteiger partial charge < -0.3 is 15.6 Å². The molecule has 0 saturated carbocycles. The average molecular weight is 187 g/mol. The molecule has 1 aliphatic rings. The summed E-state index contributed by atoms with van der Waals surface area (Å²) >= 11 is 0. The van der Waals surface area contributed by atoms with Crippen LogP contribution < -0.4 is 5.73 Å². The SMILES string of the molecule is CCC[C@H](N)[C@@H](O)[C@H]1OC[C@@H]1CC. The molecule has 78 valence electrons. The third-order valence-electron chi connectivity index (χ3n) is 2.89. The van der Waals surface area contributed by atoms with Crippen LogP contribution in [-0.4, -0.2) is 30.0 Å². The standard InChI is InChI=1S/C10H21NO2/c1-3-5-8(11)9(12)10-7(4-2)6-13-10/h7-10,12H,3-6,11H2,1-2H3/t7-,8-,9+,10-/m0/s1. The Kier molecular flexibility index (Phi) is 4.16. The zero-order valence-corrected chi connectivity index (χ0v) is 8.57. The first-order valence-corrected chi connectivity index (χ1v) is 5.25. The molecule has 0 radical (unpaired) electrons. The van der Waals surface area contributed by atoms with Gasteiger partial charge in [0.15, 0.2) is 0 Å². The smallest absolute Gasteiger partial charge is 0.0955 e. The van der Waals surface area contributed by atoms with E-state index in [1.807, 2.05) is 0 Å². The van der Waals surface area contributed by atoms with E-state index in [1.54, 1.807) is 0 Å². The van der Waals surface area contributed by atoms with Gasteiger partial charge in [0.1, 0.15) is 0 Å². The van der Waals surface area contributed by atoms with Crippen molar-refractivity contribution in [1.29, 1.82) is 0 Å². The topological polar surface area (TPSA) is 55.5 Å². The Balaban J connectivity index is 2.33. The molecule has 0 aromatic rings. The van der Waals surface area contributed by atoms with Crippen molar-refractivity contribution in [3.63, 3.8) is 0 Å². The van der Waals surface area contributed by atoms with Gasteiger partial charge in [-0.3, -0.25) is 0 Å². The van der Waals surface area contributed by atoms with Crippen LogP contribution in [0.4, 0.5) is 0 Å². The minimum atomic E-state index is -0.473. The lowest BCUT2D eigenvalue weighted by Crippen LogP contribution is -2.54. The molecule has 3 heteroatoms. The number of hydrogen-bond donors (Lipinski definition) is 2. The van der Waals surface area contributed by atoms with E-state index < -0.39 is 6.10 Å². The van der Waals surface area contributed by atoms with Crippen molar-refractivity contribution in [3.8, 4) is 0 Å². The molecule has 3 nitrogen and oxygen atoms in total. The molecule has 0 spiro atoms. The second-order valence-corrected chi connectivity index (χ2v) is 3.91. The Labute approximate surface area is 80.3 Å². The second kappa shape index (κ2) is 4.94. The van der Waals surface area contributed by atoms with E-state index in [2.05, 4.69) is 13.8 Å². The molecule has 0 unspecified atom stereocenters. The number of aliphatic hydroxyl groups is 1. The lowest BCUT2D eigenvalue weighted by molar-refractivity contribution is -0.172. The van der Waals surface area contributed by atoms with Gasteiger partial charge >= 0.3 is 0 Å². The lowest BCUT2D eigenvalue weighted by Gasteiger charge is -2.41. The summed E-state index contributed by atoms with van der Waals surface area (Å²) in [6, 6.07) is -0.121. The first-order chi connectivity index (χ1) is 6.20. The van der Waals surface area contributed by atoms with Crippen LogP contribution in [0.5, 0.6) is 0 Å². The highest BCUT2D eigenvalue weighted by atomic mass is 16.5. The number of rotatable bonds is 5. The summed E-state index contributed by atoms with van der Waals surface area (Å²) in [5, 5.41) is 9.82. The zero-order chi connectivity index (χ0) is 9.84. The number of aliphatic hydroxyl groups excluding tert-OH is 1. The van der Waals surface area contributed by atoms with E-state index in [0.717, 1.165) is 25.9 Å². The molecular formula is C10H21NO2. The molecule has 0 aromatic heterocycles. The Morgan fingerprint density at radius 1 is 1.54 bits per heavy atom. The number of ether oxygens (including phenoxy) is 1. The molecule has 0 aromatic carbocycles. The van der Waals surface area contributed by atoms with Crippen molar-refractivity contribution in [2.24, 2.45) is 11.7 Å². The van der Waals surface area contributed by atoms with Crippen LogP contribution in [0.15, 0.2) is 0 Å². The maximum Gasteiger partial charge on any atom is 0.0955 e. The van der Waals surface area contributed by atoms with Gasteiger partial charge in [-0.2, -0.15) is 0 Å². The lowest BCUT2D eigenvalue weighted by atomic mass is 9.87. The van der Waals surface area contributed by atoms with Crippen LogP contribution >= 0.6 is 0 Å². The number of nitrogens with two attached hydrogens (primary N) is 1. The van der Waals surface area contributed by atoms with E-state index in [0.29, 0.717) is 5.92 Å². The maximum atomic E-state index is 9.82. The van der Waals surface area contributed by atoms with E-state index in [1.165, 1.54) is 0 Å². The average Bonchev–Trinajstić information content (AvgIpc) is 2.03. The minimum absolute atomic E-state index is 0.00782. The van der Waals surface area contributed by atoms with Crippen molar-refractivity contribution in [2.45, 2.75) is 51.4 Å². The van der Waals surface area contributed by atoms with Gasteiger partial charge in [-0.15, -0.1) is 0 Å². The van der Waals surface area contributed by atoms with Gasteiger partial charge in [0.2, 0.25) is 0 Å². The summed E-state index contributed by atoms with van der Waals surface area (Å²) in [7, 11) is 0. The highest BCUT2D eigenvalue weighted by Crippen LogP contribution is 2.27. The first kappa shape index (κ1) is 11.0. The normalized spacial score (nSPS) is 32.3. The van der Waals surface area contributed by atoms with E-state index >= 15 is 0 Å². The minimum Gasteiger partial charge on any atom is -0.389 e. The maximum absolute atomic E-state index is 9.82. The molecule has 0 bridgehead atoms. The summed E-state index contributed by atoms with van der Waals surface area (Å²) in [5.74, 6) is 0.512. The van der Waals surface area contributed by atoms with Gasteiger partial charge in [0, 0.05) is 12.0 Å². The van der Waals surface area contributed by atoms with E-state index in [4.69, 9.17) is 10.5 Å². The van der Waals surface area contributed by atoms with Crippen LogP contribution in [0.2, 0.25) is 0 Å². The predicted molar refractivity (Wildman–Crippen MR) is 52.4 cm³/mol. The summed E-state index contributed by atoms with van der Waals surface area (Å²) in [6.45, 7) is 4.99. The predicted octanol–water partition coefficient (Wildman–Crippen LogP) is 0.900. The molecule has 1 rings (SSSR count). The van der Waals surface area contributed by atoms with Crippen molar-refractivity contribution in [3.05, 3.63) is 0 Å². The zero-order valence-electron chi connectivity index (χ0n) is 8.57. The third kappa shape index (κ3) is 2.42. The quantitative estimate of drug-likeness (QED) is 0.672. The second-order valence-electron chi connectivity index (χ2n) is 3.91. The first-order valence-electron chi connectivity index (χ1n) is 5.25. The summed E-state index contributed by atoms with van der Waals surface area (Å²) < 4.78 is 5.33. The molecule has 13 heavy (non-hydrogen) atoms. The van der Waals surface area contributed by atoms with Crippen LogP contribution in [0.1, 0.15) is 33.1 Å². The van der Waals surface area contributed by atoms with Crippen molar-refractivity contribution in [2.75, 3.05) is 6.61 Å². The van der Waals surface area contributed by atoms with Crippen molar-refractivity contribution in [1.82, 2.24) is 0 Å². The Morgan fingerprint density at radius 3 is 2.62 bits per heavy atom. The van der Waals surface area contributed by atoms with Gasteiger partial charge in [0.05, 0.1) is 18.8 Å². The molecule has 1 aliphatic heterocycles. The molecule has 3 N–H and O–H groups in total. The van der Waals surface area contributed by atoms with E-state index in [9.17, 15) is 5.11 Å². The van der Waals surface area contributed by atoms with Gasteiger partial charge in [-0.25, -0.2) is 0 Å². The molecule has 1 heterocycles. The molecule has 0 amide bonds. The molecular weight excluding hydrogens is 166 g/mol. The summed E-state index contributed by atoms with van der Waals surface area (Å²) in [4.78, 5) is 0. The number of hydrogen-bond acceptors (Lipinski definition) is 3. The fourth-order valence-corrected chi connectivity index (χ4v) is 1.82.